The summed E-state index contributed by atoms with van der Waals surface area (Å²) in [5.74, 6) is 1.99. The van der Waals surface area contributed by atoms with Gasteiger partial charge in [0, 0.05) is 32.1 Å². The molecule has 3 rings (SSSR count). The smallest absolute Gasteiger partial charge is 0.221 e. The van der Waals surface area contributed by atoms with Crippen molar-refractivity contribution in [2.45, 2.75) is 51.0 Å². The summed E-state index contributed by atoms with van der Waals surface area (Å²) in [7, 11) is 2.19. The lowest BCUT2D eigenvalue weighted by molar-refractivity contribution is -0.122. The summed E-state index contributed by atoms with van der Waals surface area (Å²) in [6.45, 7) is 5.51. The largest absolute Gasteiger partial charge is 0.353 e. The summed E-state index contributed by atoms with van der Waals surface area (Å²) in [5.41, 5.74) is 0. The molecule has 1 saturated heterocycles. The molecule has 0 aromatic carbocycles. The molecule has 0 radical (unpaired) electrons. The zero-order valence-electron chi connectivity index (χ0n) is 13.5. The lowest BCUT2D eigenvalue weighted by atomic mass is 9.97. The predicted octanol–water partition coefficient (Wildman–Crippen LogP) is 1.71. The van der Waals surface area contributed by atoms with E-state index in [1.807, 2.05) is 0 Å². The van der Waals surface area contributed by atoms with Crippen molar-refractivity contribution in [3.63, 3.8) is 0 Å². The van der Waals surface area contributed by atoms with Crippen LogP contribution < -0.4 is 5.32 Å². The van der Waals surface area contributed by atoms with E-state index in [0.717, 1.165) is 38.0 Å². The highest BCUT2D eigenvalue weighted by atomic mass is 16.1. The van der Waals surface area contributed by atoms with Gasteiger partial charge in [-0.15, -0.1) is 0 Å². The number of rotatable bonds is 4. The van der Waals surface area contributed by atoms with Crippen LogP contribution in [0.5, 0.6) is 0 Å². The Bertz CT molecular complexity index is 360. The zero-order chi connectivity index (χ0) is 14.7. The second-order valence-electron chi connectivity index (χ2n) is 7.35. The molecule has 0 spiro atoms. The van der Waals surface area contributed by atoms with Crippen molar-refractivity contribution in [3.8, 4) is 0 Å². The van der Waals surface area contributed by atoms with E-state index in [2.05, 4.69) is 22.2 Å². The Labute approximate surface area is 129 Å². The van der Waals surface area contributed by atoms with Crippen LogP contribution in [0.15, 0.2) is 0 Å². The summed E-state index contributed by atoms with van der Waals surface area (Å²) < 4.78 is 0. The molecule has 3 aliphatic rings. The second kappa shape index (κ2) is 7.10. The maximum Gasteiger partial charge on any atom is 0.221 e. The maximum atomic E-state index is 12.2. The van der Waals surface area contributed by atoms with Gasteiger partial charge >= 0.3 is 0 Å². The molecular weight excluding hydrogens is 262 g/mol. The Morgan fingerprint density at radius 2 is 1.95 bits per heavy atom. The molecule has 1 heterocycles. The minimum atomic E-state index is 0.283. The van der Waals surface area contributed by atoms with Crippen LogP contribution in [-0.2, 0) is 4.79 Å². The number of amides is 1. The SMILES string of the molecule is CN1CCCN(CCC(=O)N[C@@H]2CC[C@H]3CCC[C@H]32)CC1. The average Bonchev–Trinajstić information content (AvgIpc) is 3.00. The number of fused-ring (bicyclic) bond motifs is 1. The minimum Gasteiger partial charge on any atom is -0.353 e. The summed E-state index contributed by atoms with van der Waals surface area (Å²) >= 11 is 0. The van der Waals surface area contributed by atoms with Crippen LogP contribution in [0.1, 0.15) is 44.9 Å². The lowest BCUT2D eigenvalue weighted by Crippen LogP contribution is -2.39. The van der Waals surface area contributed by atoms with Crippen LogP contribution in [0.25, 0.3) is 0 Å². The van der Waals surface area contributed by atoms with E-state index in [4.69, 9.17) is 0 Å². The third-order valence-corrected chi connectivity index (χ3v) is 5.90. The van der Waals surface area contributed by atoms with E-state index >= 15 is 0 Å². The van der Waals surface area contributed by atoms with Gasteiger partial charge in [0.15, 0.2) is 0 Å². The topological polar surface area (TPSA) is 35.6 Å². The van der Waals surface area contributed by atoms with Gasteiger partial charge in [0.1, 0.15) is 0 Å². The normalized spacial score (nSPS) is 34.6. The number of hydrogen-bond acceptors (Lipinski definition) is 3. The number of carbonyl (C=O) groups excluding carboxylic acids is 1. The molecule has 1 amide bonds. The fraction of sp³-hybridized carbons (Fsp3) is 0.941. The van der Waals surface area contributed by atoms with Crippen LogP contribution in [0.3, 0.4) is 0 Å². The predicted molar refractivity (Wildman–Crippen MR) is 85.2 cm³/mol. The maximum absolute atomic E-state index is 12.2. The lowest BCUT2D eigenvalue weighted by Gasteiger charge is -2.22. The molecule has 2 saturated carbocycles. The number of likely N-dealkylation sites (N-methyl/N-ethyl adjacent to an activating group) is 1. The van der Waals surface area contributed by atoms with Gasteiger partial charge in [0.25, 0.3) is 0 Å². The number of hydrogen-bond donors (Lipinski definition) is 1. The van der Waals surface area contributed by atoms with Crippen LogP contribution in [0.4, 0.5) is 0 Å². The molecule has 120 valence electrons. The Balaban J connectivity index is 1.38. The third-order valence-electron chi connectivity index (χ3n) is 5.90. The Kier molecular flexibility index (Phi) is 5.17. The highest BCUT2D eigenvalue weighted by Crippen LogP contribution is 2.43. The van der Waals surface area contributed by atoms with E-state index in [1.54, 1.807) is 0 Å². The quantitative estimate of drug-likeness (QED) is 0.857. The molecule has 4 heteroatoms. The van der Waals surface area contributed by atoms with Crippen LogP contribution in [-0.4, -0.2) is 61.5 Å². The number of carbonyl (C=O) groups is 1. The molecule has 2 aliphatic carbocycles. The number of nitrogens with zero attached hydrogens (tertiary/aromatic N) is 2. The molecule has 3 fully saturated rings. The molecular formula is C17H31N3O. The number of nitrogens with one attached hydrogen (secondary N) is 1. The van der Waals surface area contributed by atoms with E-state index in [-0.39, 0.29) is 5.91 Å². The van der Waals surface area contributed by atoms with E-state index < -0.39 is 0 Å². The van der Waals surface area contributed by atoms with Gasteiger partial charge in [-0.1, -0.05) is 12.8 Å². The van der Waals surface area contributed by atoms with Gasteiger partial charge in [-0.3, -0.25) is 4.79 Å². The van der Waals surface area contributed by atoms with Crippen LogP contribution in [0.2, 0.25) is 0 Å². The third kappa shape index (κ3) is 3.98. The summed E-state index contributed by atoms with van der Waals surface area (Å²) in [5, 5.41) is 3.34. The van der Waals surface area contributed by atoms with Crippen molar-refractivity contribution >= 4 is 5.91 Å². The molecule has 1 aliphatic heterocycles. The standard InChI is InChI=1S/C17H31N3O/c1-19-9-3-10-20(13-12-19)11-8-17(21)18-16-7-6-14-4-2-5-15(14)16/h14-16H,2-13H2,1H3,(H,18,21)/t14-,15-,16-/m1/s1. The fourth-order valence-corrected chi connectivity index (χ4v) is 4.60. The Morgan fingerprint density at radius 3 is 2.86 bits per heavy atom. The van der Waals surface area contributed by atoms with Crippen molar-refractivity contribution in [2.75, 3.05) is 39.8 Å². The van der Waals surface area contributed by atoms with Gasteiger partial charge in [0.05, 0.1) is 0 Å². The average molecular weight is 293 g/mol. The van der Waals surface area contributed by atoms with Gasteiger partial charge < -0.3 is 15.1 Å². The first-order valence-electron chi connectivity index (χ1n) is 8.92. The van der Waals surface area contributed by atoms with E-state index in [9.17, 15) is 4.79 Å². The summed E-state index contributed by atoms with van der Waals surface area (Å²) in [6, 6.07) is 0.486. The molecule has 1 N–H and O–H groups in total. The monoisotopic (exact) mass is 293 g/mol. The van der Waals surface area contributed by atoms with Crippen LogP contribution in [0, 0.1) is 11.8 Å². The van der Waals surface area contributed by atoms with Crippen molar-refractivity contribution < 1.29 is 4.79 Å². The molecule has 3 atom stereocenters. The second-order valence-corrected chi connectivity index (χ2v) is 7.35. The van der Waals surface area contributed by atoms with Crippen molar-refractivity contribution in [3.05, 3.63) is 0 Å². The van der Waals surface area contributed by atoms with Gasteiger partial charge in [-0.05, 0) is 57.7 Å². The Hall–Kier alpha value is -0.610. The Morgan fingerprint density at radius 1 is 1.05 bits per heavy atom. The highest BCUT2D eigenvalue weighted by Gasteiger charge is 2.39. The minimum absolute atomic E-state index is 0.283. The molecule has 4 nitrogen and oxygen atoms in total. The summed E-state index contributed by atoms with van der Waals surface area (Å²) in [6.07, 6.45) is 8.58. The summed E-state index contributed by atoms with van der Waals surface area (Å²) in [4.78, 5) is 17.1. The molecule has 0 bridgehead atoms. The van der Waals surface area contributed by atoms with Gasteiger partial charge in [-0.2, -0.15) is 0 Å². The van der Waals surface area contributed by atoms with Crippen LogP contribution >= 0.6 is 0 Å². The molecule has 0 unspecified atom stereocenters. The zero-order valence-corrected chi connectivity index (χ0v) is 13.5. The molecule has 0 aromatic heterocycles. The molecule has 0 aromatic rings. The van der Waals surface area contributed by atoms with Crippen molar-refractivity contribution in [2.24, 2.45) is 11.8 Å². The van der Waals surface area contributed by atoms with Crippen molar-refractivity contribution in [1.82, 2.24) is 15.1 Å². The van der Waals surface area contributed by atoms with E-state index in [1.165, 1.54) is 45.1 Å². The first-order valence-corrected chi connectivity index (χ1v) is 8.92. The fourth-order valence-electron chi connectivity index (χ4n) is 4.60. The first kappa shape index (κ1) is 15.3. The highest BCUT2D eigenvalue weighted by molar-refractivity contribution is 5.76. The molecule has 21 heavy (non-hydrogen) atoms. The van der Waals surface area contributed by atoms with Gasteiger partial charge in [-0.25, -0.2) is 0 Å². The first-order chi connectivity index (χ1) is 10.2. The van der Waals surface area contributed by atoms with Gasteiger partial charge in [0.2, 0.25) is 5.91 Å². The van der Waals surface area contributed by atoms with Crippen molar-refractivity contribution in [1.29, 1.82) is 0 Å². The van der Waals surface area contributed by atoms with E-state index in [0.29, 0.717) is 12.5 Å².